The standard InChI is InChI=1S/C11H15N3O3/c1-17-8-3-2-6-14(7-8)10-5-4-9(11(15)16)12-13-10/h4-5,8H,2-3,6-7H2,1H3,(H,15,16). The number of carboxylic acid groups (broad SMARTS) is 1. The average molecular weight is 237 g/mol. The van der Waals surface area contributed by atoms with Crippen LogP contribution >= 0.6 is 0 Å². The van der Waals surface area contributed by atoms with Gasteiger partial charge < -0.3 is 14.7 Å². The molecule has 0 aliphatic carbocycles. The van der Waals surface area contributed by atoms with E-state index in [0.29, 0.717) is 5.82 Å². The Hall–Kier alpha value is -1.69. The van der Waals surface area contributed by atoms with Gasteiger partial charge in [-0.15, -0.1) is 10.2 Å². The molecule has 1 aliphatic heterocycles. The third-order valence-electron chi connectivity index (χ3n) is 2.91. The zero-order valence-corrected chi connectivity index (χ0v) is 9.67. The summed E-state index contributed by atoms with van der Waals surface area (Å²) in [6.07, 6.45) is 2.30. The van der Waals surface area contributed by atoms with Gasteiger partial charge in [0.15, 0.2) is 11.5 Å². The van der Waals surface area contributed by atoms with Crippen LogP contribution in [0, 0.1) is 0 Å². The molecule has 1 unspecified atom stereocenters. The van der Waals surface area contributed by atoms with E-state index in [0.717, 1.165) is 25.9 Å². The van der Waals surface area contributed by atoms with Gasteiger partial charge in [0.25, 0.3) is 0 Å². The molecule has 92 valence electrons. The lowest BCUT2D eigenvalue weighted by molar-refractivity contribution is 0.0689. The maximum Gasteiger partial charge on any atom is 0.356 e. The van der Waals surface area contributed by atoms with Crippen molar-refractivity contribution < 1.29 is 14.6 Å². The highest BCUT2D eigenvalue weighted by Gasteiger charge is 2.20. The molecule has 1 N–H and O–H groups in total. The highest BCUT2D eigenvalue weighted by Crippen LogP contribution is 2.18. The number of methoxy groups -OCH3 is 1. The third-order valence-corrected chi connectivity index (χ3v) is 2.91. The quantitative estimate of drug-likeness (QED) is 0.837. The summed E-state index contributed by atoms with van der Waals surface area (Å²) in [6.45, 7) is 1.68. The number of anilines is 1. The van der Waals surface area contributed by atoms with Crippen LogP contribution in [0.15, 0.2) is 12.1 Å². The first-order chi connectivity index (χ1) is 8.20. The summed E-state index contributed by atoms with van der Waals surface area (Å²) in [6, 6.07) is 3.16. The fourth-order valence-electron chi connectivity index (χ4n) is 1.95. The summed E-state index contributed by atoms with van der Waals surface area (Å²) in [5.41, 5.74) is -0.0333. The van der Waals surface area contributed by atoms with E-state index in [1.165, 1.54) is 6.07 Å². The molecule has 0 aromatic carbocycles. The zero-order chi connectivity index (χ0) is 12.3. The molecule has 2 heterocycles. The SMILES string of the molecule is COC1CCCN(c2ccc(C(=O)O)nn2)C1. The number of aromatic nitrogens is 2. The highest BCUT2D eigenvalue weighted by molar-refractivity contribution is 5.85. The predicted octanol–water partition coefficient (Wildman–Crippen LogP) is 0.790. The zero-order valence-electron chi connectivity index (χ0n) is 9.67. The van der Waals surface area contributed by atoms with Gasteiger partial charge in [0.2, 0.25) is 0 Å². The molecule has 1 aromatic rings. The van der Waals surface area contributed by atoms with Crippen molar-refractivity contribution in [2.75, 3.05) is 25.1 Å². The van der Waals surface area contributed by atoms with Crippen molar-refractivity contribution in [3.63, 3.8) is 0 Å². The highest BCUT2D eigenvalue weighted by atomic mass is 16.5. The monoisotopic (exact) mass is 237 g/mol. The maximum absolute atomic E-state index is 10.7. The molecule has 1 saturated heterocycles. The summed E-state index contributed by atoms with van der Waals surface area (Å²) in [5.74, 6) is -0.353. The first-order valence-corrected chi connectivity index (χ1v) is 5.55. The van der Waals surface area contributed by atoms with Gasteiger partial charge in [-0.3, -0.25) is 0 Å². The lowest BCUT2D eigenvalue weighted by atomic mass is 10.1. The van der Waals surface area contributed by atoms with E-state index in [1.807, 2.05) is 0 Å². The van der Waals surface area contributed by atoms with Crippen LogP contribution in [0.2, 0.25) is 0 Å². The van der Waals surface area contributed by atoms with Crippen molar-refractivity contribution in [1.82, 2.24) is 10.2 Å². The van der Waals surface area contributed by atoms with Gasteiger partial charge in [0, 0.05) is 20.2 Å². The molecular weight excluding hydrogens is 222 g/mol. The molecule has 0 radical (unpaired) electrons. The number of rotatable bonds is 3. The Morgan fingerprint density at radius 3 is 2.94 bits per heavy atom. The fraction of sp³-hybridized carbons (Fsp3) is 0.545. The van der Waals surface area contributed by atoms with Crippen molar-refractivity contribution in [3.05, 3.63) is 17.8 Å². The van der Waals surface area contributed by atoms with Crippen LogP contribution in [0.4, 0.5) is 5.82 Å². The van der Waals surface area contributed by atoms with Crippen LogP contribution in [0.25, 0.3) is 0 Å². The van der Waals surface area contributed by atoms with E-state index < -0.39 is 5.97 Å². The smallest absolute Gasteiger partial charge is 0.356 e. The Morgan fingerprint density at radius 1 is 1.53 bits per heavy atom. The van der Waals surface area contributed by atoms with Crippen molar-refractivity contribution in [2.45, 2.75) is 18.9 Å². The van der Waals surface area contributed by atoms with Crippen LogP contribution in [-0.2, 0) is 4.74 Å². The number of hydrogen-bond acceptors (Lipinski definition) is 5. The minimum Gasteiger partial charge on any atom is -0.476 e. The lowest BCUT2D eigenvalue weighted by Gasteiger charge is -2.32. The van der Waals surface area contributed by atoms with E-state index in [4.69, 9.17) is 9.84 Å². The van der Waals surface area contributed by atoms with Crippen molar-refractivity contribution in [3.8, 4) is 0 Å². The summed E-state index contributed by atoms with van der Waals surface area (Å²) in [5, 5.41) is 16.3. The Balaban J connectivity index is 2.08. The second-order valence-electron chi connectivity index (χ2n) is 4.03. The topological polar surface area (TPSA) is 75.5 Å². The van der Waals surface area contributed by atoms with Gasteiger partial charge in [-0.05, 0) is 25.0 Å². The first-order valence-electron chi connectivity index (χ1n) is 5.55. The minimum atomic E-state index is -1.06. The molecule has 0 amide bonds. The molecule has 17 heavy (non-hydrogen) atoms. The Kier molecular flexibility index (Phi) is 3.53. The fourth-order valence-corrected chi connectivity index (χ4v) is 1.95. The van der Waals surface area contributed by atoms with Gasteiger partial charge in [-0.2, -0.15) is 0 Å². The molecule has 0 saturated carbocycles. The van der Waals surface area contributed by atoms with Gasteiger partial charge in [0.05, 0.1) is 6.10 Å². The van der Waals surface area contributed by atoms with E-state index in [9.17, 15) is 4.79 Å². The van der Waals surface area contributed by atoms with Gasteiger partial charge >= 0.3 is 5.97 Å². The molecule has 0 bridgehead atoms. The Bertz CT molecular complexity index is 393. The lowest BCUT2D eigenvalue weighted by Crippen LogP contribution is -2.39. The van der Waals surface area contributed by atoms with Crippen molar-refractivity contribution in [1.29, 1.82) is 0 Å². The molecule has 1 aromatic heterocycles. The molecule has 1 fully saturated rings. The molecule has 1 aliphatic rings. The second kappa shape index (κ2) is 5.09. The normalized spacial score (nSPS) is 20.3. The summed E-state index contributed by atoms with van der Waals surface area (Å²) >= 11 is 0. The number of hydrogen-bond donors (Lipinski definition) is 1. The van der Waals surface area contributed by atoms with Crippen LogP contribution in [-0.4, -0.2) is 47.6 Å². The van der Waals surface area contributed by atoms with E-state index in [-0.39, 0.29) is 11.8 Å². The second-order valence-corrected chi connectivity index (χ2v) is 4.03. The third kappa shape index (κ3) is 2.71. The number of nitrogens with zero attached hydrogens (tertiary/aromatic N) is 3. The predicted molar refractivity (Wildman–Crippen MR) is 61.2 cm³/mol. The Morgan fingerprint density at radius 2 is 2.35 bits per heavy atom. The summed E-state index contributed by atoms with van der Waals surface area (Å²) in [7, 11) is 1.70. The molecule has 0 spiro atoms. The van der Waals surface area contributed by atoms with Gasteiger partial charge in [0.1, 0.15) is 0 Å². The van der Waals surface area contributed by atoms with E-state index >= 15 is 0 Å². The molecule has 2 rings (SSSR count). The molecule has 6 nitrogen and oxygen atoms in total. The van der Waals surface area contributed by atoms with Crippen LogP contribution in [0.1, 0.15) is 23.3 Å². The van der Waals surface area contributed by atoms with E-state index in [2.05, 4.69) is 15.1 Å². The number of piperidine rings is 1. The van der Waals surface area contributed by atoms with E-state index in [1.54, 1.807) is 13.2 Å². The first kappa shape index (κ1) is 11.8. The largest absolute Gasteiger partial charge is 0.476 e. The van der Waals surface area contributed by atoms with Gasteiger partial charge in [-0.25, -0.2) is 4.79 Å². The van der Waals surface area contributed by atoms with Crippen LogP contribution in [0.3, 0.4) is 0 Å². The number of carbonyl (C=O) groups is 1. The maximum atomic E-state index is 10.7. The Labute approximate surface area is 99.2 Å². The molecule has 6 heteroatoms. The van der Waals surface area contributed by atoms with Gasteiger partial charge in [-0.1, -0.05) is 0 Å². The molecular formula is C11H15N3O3. The molecule has 1 atom stereocenters. The van der Waals surface area contributed by atoms with Crippen molar-refractivity contribution >= 4 is 11.8 Å². The number of ether oxygens (including phenoxy) is 1. The van der Waals surface area contributed by atoms with Crippen LogP contribution in [0.5, 0.6) is 0 Å². The summed E-state index contributed by atoms with van der Waals surface area (Å²) < 4.78 is 5.32. The number of aromatic carboxylic acids is 1. The minimum absolute atomic E-state index is 0.0333. The summed E-state index contributed by atoms with van der Waals surface area (Å²) in [4.78, 5) is 12.7. The number of carboxylic acids is 1. The van der Waals surface area contributed by atoms with Crippen molar-refractivity contribution in [2.24, 2.45) is 0 Å². The van der Waals surface area contributed by atoms with Crippen LogP contribution < -0.4 is 4.90 Å². The average Bonchev–Trinajstić information content (AvgIpc) is 2.39.